The lowest BCUT2D eigenvalue weighted by Crippen LogP contribution is -2.57. The quantitative estimate of drug-likeness (QED) is 0.658. The number of piperazine rings is 1. The van der Waals surface area contributed by atoms with Gasteiger partial charge in [-0.1, -0.05) is 0 Å². The van der Waals surface area contributed by atoms with E-state index in [2.05, 4.69) is 10.3 Å². The van der Waals surface area contributed by atoms with E-state index < -0.39 is 6.04 Å². The number of anilines is 2. The summed E-state index contributed by atoms with van der Waals surface area (Å²) in [6.45, 7) is 3.71. The maximum absolute atomic E-state index is 11.5. The van der Waals surface area contributed by atoms with Crippen LogP contribution in [0, 0.1) is 6.92 Å². The molecule has 3 N–H and O–H groups in total. The first-order valence-electron chi connectivity index (χ1n) is 5.31. The molecule has 1 aromatic rings. The Hall–Kier alpha value is -2.11. The number of carbonyl (C=O) groups excluding carboxylic acids is 2. The van der Waals surface area contributed by atoms with Gasteiger partial charge in [0.05, 0.1) is 18.4 Å². The van der Waals surface area contributed by atoms with Crippen molar-refractivity contribution in [2.45, 2.75) is 19.9 Å². The SMILES string of the molecule is Cc1cc(N)cnc1N1CC(=O)NC(=O)C1C. The number of nitrogens with one attached hydrogen (secondary N) is 1. The van der Waals surface area contributed by atoms with Crippen LogP contribution in [0.3, 0.4) is 0 Å². The average molecular weight is 234 g/mol. The Labute approximate surface area is 98.8 Å². The van der Waals surface area contributed by atoms with Gasteiger partial charge in [-0.15, -0.1) is 0 Å². The molecule has 0 aromatic carbocycles. The Balaban J connectivity index is 2.37. The van der Waals surface area contributed by atoms with Crippen molar-refractivity contribution in [3.8, 4) is 0 Å². The number of imide groups is 1. The fourth-order valence-electron chi connectivity index (χ4n) is 1.86. The van der Waals surface area contributed by atoms with Crippen molar-refractivity contribution in [3.63, 3.8) is 0 Å². The third-order valence-electron chi connectivity index (χ3n) is 2.77. The van der Waals surface area contributed by atoms with E-state index >= 15 is 0 Å². The molecule has 1 saturated heterocycles. The van der Waals surface area contributed by atoms with Crippen LogP contribution in [0.5, 0.6) is 0 Å². The number of rotatable bonds is 1. The molecule has 1 fully saturated rings. The minimum atomic E-state index is -0.414. The molecule has 90 valence electrons. The number of amides is 2. The van der Waals surface area contributed by atoms with Crippen molar-refractivity contribution in [1.82, 2.24) is 10.3 Å². The van der Waals surface area contributed by atoms with Gasteiger partial charge in [0.25, 0.3) is 0 Å². The van der Waals surface area contributed by atoms with E-state index in [9.17, 15) is 9.59 Å². The summed E-state index contributed by atoms with van der Waals surface area (Å²) in [5.74, 6) is 0.000278. The highest BCUT2D eigenvalue weighted by molar-refractivity contribution is 6.04. The first kappa shape index (κ1) is 11.4. The molecule has 2 heterocycles. The maximum atomic E-state index is 11.5. The third-order valence-corrected chi connectivity index (χ3v) is 2.77. The van der Waals surface area contributed by atoms with Crippen LogP contribution in [0.2, 0.25) is 0 Å². The van der Waals surface area contributed by atoms with Crippen LogP contribution in [-0.4, -0.2) is 29.4 Å². The number of nitrogens with two attached hydrogens (primary N) is 1. The lowest BCUT2D eigenvalue weighted by molar-refractivity contribution is -0.132. The number of hydrogen-bond acceptors (Lipinski definition) is 5. The van der Waals surface area contributed by atoms with Gasteiger partial charge in [-0.05, 0) is 25.5 Å². The second-order valence-corrected chi connectivity index (χ2v) is 4.13. The van der Waals surface area contributed by atoms with Crippen molar-refractivity contribution in [1.29, 1.82) is 0 Å². The van der Waals surface area contributed by atoms with E-state index in [1.54, 1.807) is 17.9 Å². The second-order valence-electron chi connectivity index (χ2n) is 4.13. The molecule has 1 aromatic heterocycles. The van der Waals surface area contributed by atoms with Gasteiger partial charge in [0, 0.05) is 0 Å². The Kier molecular flexibility index (Phi) is 2.71. The summed E-state index contributed by atoms with van der Waals surface area (Å²) in [6.07, 6.45) is 1.52. The fourth-order valence-corrected chi connectivity index (χ4v) is 1.86. The van der Waals surface area contributed by atoms with Crippen molar-refractivity contribution < 1.29 is 9.59 Å². The van der Waals surface area contributed by atoms with E-state index in [1.165, 1.54) is 6.20 Å². The van der Waals surface area contributed by atoms with Crippen LogP contribution in [0.25, 0.3) is 0 Å². The molecule has 0 bridgehead atoms. The van der Waals surface area contributed by atoms with Crippen LogP contribution in [0.1, 0.15) is 12.5 Å². The summed E-state index contributed by atoms with van der Waals surface area (Å²) in [5, 5.41) is 2.29. The smallest absolute Gasteiger partial charge is 0.249 e. The van der Waals surface area contributed by atoms with Crippen LogP contribution in [0.15, 0.2) is 12.3 Å². The molecular formula is C11H14N4O2. The summed E-state index contributed by atoms with van der Waals surface area (Å²) < 4.78 is 0. The van der Waals surface area contributed by atoms with E-state index in [1.807, 2.05) is 6.92 Å². The van der Waals surface area contributed by atoms with Gasteiger partial charge >= 0.3 is 0 Å². The molecule has 1 atom stereocenters. The summed E-state index contributed by atoms with van der Waals surface area (Å²) in [6, 6.07) is 1.36. The molecule has 1 aliphatic rings. The lowest BCUT2D eigenvalue weighted by atomic mass is 10.1. The number of hydrogen-bond donors (Lipinski definition) is 2. The standard InChI is InChI=1S/C11H14N4O2/c1-6-3-8(12)4-13-10(6)15-5-9(16)14-11(17)7(15)2/h3-4,7H,5,12H2,1-2H3,(H,14,16,17). The highest BCUT2D eigenvalue weighted by Crippen LogP contribution is 2.22. The Morgan fingerprint density at radius 3 is 2.88 bits per heavy atom. The molecule has 6 nitrogen and oxygen atoms in total. The lowest BCUT2D eigenvalue weighted by Gasteiger charge is -2.33. The number of pyridine rings is 1. The van der Waals surface area contributed by atoms with E-state index in [-0.39, 0.29) is 18.4 Å². The molecule has 0 spiro atoms. The Morgan fingerprint density at radius 1 is 1.53 bits per heavy atom. The number of carbonyl (C=O) groups is 2. The van der Waals surface area contributed by atoms with Crippen molar-refractivity contribution in [2.24, 2.45) is 0 Å². The molecule has 1 aliphatic heterocycles. The van der Waals surface area contributed by atoms with Gasteiger partial charge < -0.3 is 10.6 Å². The van der Waals surface area contributed by atoms with E-state index in [0.29, 0.717) is 11.5 Å². The molecule has 17 heavy (non-hydrogen) atoms. The number of aromatic nitrogens is 1. The average Bonchev–Trinajstić information content (AvgIpc) is 2.24. The number of aryl methyl sites for hydroxylation is 1. The monoisotopic (exact) mass is 234 g/mol. The molecule has 0 saturated carbocycles. The van der Waals surface area contributed by atoms with Crippen LogP contribution < -0.4 is 16.0 Å². The molecular weight excluding hydrogens is 220 g/mol. The Morgan fingerprint density at radius 2 is 2.24 bits per heavy atom. The first-order valence-corrected chi connectivity index (χ1v) is 5.31. The predicted molar refractivity (Wildman–Crippen MR) is 63.3 cm³/mol. The number of nitrogen functional groups attached to an aromatic ring is 1. The minimum absolute atomic E-state index is 0.130. The zero-order valence-electron chi connectivity index (χ0n) is 9.73. The van der Waals surface area contributed by atoms with Gasteiger partial charge in [-0.3, -0.25) is 14.9 Å². The zero-order chi connectivity index (χ0) is 12.6. The predicted octanol–water partition coefficient (Wildman–Crippen LogP) is -0.176. The van der Waals surface area contributed by atoms with Gasteiger partial charge in [0.15, 0.2) is 0 Å². The summed E-state index contributed by atoms with van der Waals surface area (Å²) >= 11 is 0. The van der Waals surface area contributed by atoms with Gasteiger partial charge in [-0.2, -0.15) is 0 Å². The fraction of sp³-hybridized carbons (Fsp3) is 0.364. The summed E-state index contributed by atoms with van der Waals surface area (Å²) in [7, 11) is 0. The molecule has 6 heteroatoms. The maximum Gasteiger partial charge on any atom is 0.249 e. The molecule has 2 amide bonds. The van der Waals surface area contributed by atoms with E-state index in [4.69, 9.17) is 5.73 Å². The summed E-state index contributed by atoms with van der Waals surface area (Å²) in [4.78, 5) is 28.8. The summed E-state index contributed by atoms with van der Waals surface area (Å²) in [5.41, 5.74) is 7.03. The zero-order valence-corrected chi connectivity index (χ0v) is 9.73. The van der Waals surface area contributed by atoms with Crippen molar-refractivity contribution in [2.75, 3.05) is 17.2 Å². The molecule has 2 rings (SSSR count). The van der Waals surface area contributed by atoms with Gasteiger partial charge in [0.1, 0.15) is 11.9 Å². The highest BCUT2D eigenvalue weighted by Gasteiger charge is 2.31. The van der Waals surface area contributed by atoms with Crippen LogP contribution in [-0.2, 0) is 9.59 Å². The van der Waals surface area contributed by atoms with Gasteiger partial charge in [0.2, 0.25) is 11.8 Å². The molecule has 0 radical (unpaired) electrons. The highest BCUT2D eigenvalue weighted by atomic mass is 16.2. The van der Waals surface area contributed by atoms with Crippen LogP contribution in [0.4, 0.5) is 11.5 Å². The van der Waals surface area contributed by atoms with E-state index in [0.717, 1.165) is 5.56 Å². The Bertz CT molecular complexity index is 486. The van der Waals surface area contributed by atoms with Gasteiger partial charge in [-0.25, -0.2) is 4.98 Å². The molecule has 0 aliphatic carbocycles. The van der Waals surface area contributed by atoms with Crippen molar-refractivity contribution in [3.05, 3.63) is 17.8 Å². The number of nitrogens with zero attached hydrogens (tertiary/aromatic N) is 2. The topological polar surface area (TPSA) is 88.3 Å². The second kappa shape index (κ2) is 4.04. The van der Waals surface area contributed by atoms with Crippen molar-refractivity contribution >= 4 is 23.3 Å². The van der Waals surface area contributed by atoms with Crippen LogP contribution >= 0.6 is 0 Å². The third kappa shape index (κ3) is 2.06. The normalized spacial score (nSPS) is 20.4. The molecule has 1 unspecified atom stereocenters. The minimum Gasteiger partial charge on any atom is -0.397 e. The largest absolute Gasteiger partial charge is 0.397 e. The first-order chi connectivity index (χ1) is 7.99.